The van der Waals surface area contributed by atoms with Crippen molar-refractivity contribution in [2.45, 2.75) is 19.4 Å². The first-order valence-corrected chi connectivity index (χ1v) is 6.21. The molecule has 3 nitrogen and oxygen atoms in total. The van der Waals surface area contributed by atoms with Gasteiger partial charge in [0.05, 0.1) is 0 Å². The molecule has 16 heavy (non-hydrogen) atoms. The number of rotatable bonds is 3. The van der Waals surface area contributed by atoms with Crippen LogP contribution in [0.1, 0.15) is 25.1 Å². The smallest absolute Gasteiger partial charge is 0.108 e. The summed E-state index contributed by atoms with van der Waals surface area (Å²) >= 11 is 3.38. The van der Waals surface area contributed by atoms with Crippen molar-refractivity contribution in [1.29, 1.82) is 0 Å². The number of hydrogen-bond acceptors (Lipinski definition) is 2. The summed E-state index contributed by atoms with van der Waals surface area (Å²) in [6, 6.07) is 4.63. The Hall–Kier alpha value is -0.870. The number of H-pyrrole nitrogens is 1. The standard InChI is InChI=1S/C12H16BrN3/c1-4-11(16(2)3)10-5-8-7-14-12(13)6-9(8)15-10/h5-7,11,15H,4H2,1-3H3. The lowest BCUT2D eigenvalue weighted by molar-refractivity contribution is 0.287. The summed E-state index contributed by atoms with van der Waals surface area (Å²) in [5, 5.41) is 1.17. The lowest BCUT2D eigenvalue weighted by Gasteiger charge is -2.21. The van der Waals surface area contributed by atoms with Crippen LogP contribution in [0.2, 0.25) is 0 Å². The van der Waals surface area contributed by atoms with Gasteiger partial charge in [0.15, 0.2) is 0 Å². The highest BCUT2D eigenvalue weighted by molar-refractivity contribution is 9.10. The van der Waals surface area contributed by atoms with E-state index in [0.717, 1.165) is 16.5 Å². The SMILES string of the molecule is CCC(c1cc2cnc(Br)cc2[nH]1)N(C)C. The van der Waals surface area contributed by atoms with Gasteiger partial charge in [-0.05, 0) is 48.6 Å². The second-order valence-corrected chi connectivity index (χ2v) is 5.02. The highest BCUT2D eigenvalue weighted by Crippen LogP contribution is 2.25. The fraction of sp³-hybridized carbons (Fsp3) is 0.417. The molecule has 2 aromatic heterocycles. The van der Waals surface area contributed by atoms with Crippen molar-refractivity contribution in [2.75, 3.05) is 14.1 Å². The van der Waals surface area contributed by atoms with Crippen LogP contribution < -0.4 is 0 Å². The fourth-order valence-corrected chi connectivity index (χ4v) is 2.40. The maximum atomic E-state index is 4.23. The maximum absolute atomic E-state index is 4.23. The van der Waals surface area contributed by atoms with Crippen LogP contribution in [-0.2, 0) is 0 Å². The van der Waals surface area contributed by atoms with Gasteiger partial charge >= 0.3 is 0 Å². The van der Waals surface area contributed by atoms with Crippen molar-refractivity contribution in [1.82, 2.24) is 14.9 Å². The molecular formula is C12H16BrN3. The van der Waals surface area contributed by atoms with Gasteiger partial charge in [-0.15, -0.1) is 0 Å². The molecule has 0 spiro atoms. The summed E-state index contributed by atoms with van der Waals surface area (Å²) in [5.74, 6) is 0. The zero-order valence-corrected chi connectivity index (χ0v) is 11.4. The van der Waals surface area contributed by atoms with Crippen molar-refractivity contribution in [3.05, 3.63) is 28.6 Å². The molecule has 0 aromatic carbocycles. The van der Waals surface area contributed by atoms with Crippen LogP contribution >= 0.6 is 15.9 Å². The predicted octanol–water partition coefficient (Wildman–Crippen LogP) is 3.34. The van der Waals surface area contributed by atoms with Crippen molar-refractivity contribution < 1.29 is 0 Å². The molecule has 2 rings (SSSR count). The number of nitrogens with zero attached hydrogens (tertiary/aromatic N) is 2. The van der Waals surface area contributed by atoms with Crippen molar-refractivity contribution in [3.63, 3.8) is 0 Å². The van der Waals surface area contributed by atoms with E-state index in [9.17, 15) is 0 Å². The van der Waals surface area contributed by atoms with Gasteiger partial charge in [0.25, 0.3) is 0 Å². The average molecular weight is 282 g/mol. The Morgan fingerprint density at radius 3 is 2.81 bits per heavy atom. The third-order valence-corrected chi connectivity index (χ3v) is 3.29. The largest absolute Gasteiger partial charge is 0.357 e. The number of aromatic nitrogens is 2. The molecule has 0 amide bonds. The molecule has 0 saturated carbocycles. The van der Waals surface area contributed by atoms with E-state index in [1.54, 1.807) is 0 Å². The number of aromatic amines is 1. The molecule has 1 atom stereocenters. The molecule has 1 N–H and O–H groups in total. The van der Waals surface area contributed by atoms with E-state index in [-0.39, 0.29) is 0 Å². The zero-order chi connectivity index (χ0) is 11.7. The van der Waals surface area contributed by atoms with E-state index in [1.807, 2.05) is 12.3 Å². The summed E-state index contributed by atoms with van der Waals surface area (Å²) in [5.41, 5.74) is 2.39. The number of halogens is 1. The van der Waals surface area contributed by atoms with Gasteiger partial charge in [-0.25, -0.2) is 4.98 Å². The normalized spacial score (nSPS) is 13.6. The minimum Gasteiger partial charge on any atom is -0.357 e. The van der Waals surface area contributed by atoms with Gasteiger partial charge in [0.1, 0.15) is 4.60 Å². The topological polar surface area (TPSA) is 31.9 Å². The molecule has 86 valence electrons. The maximum Gasteiger partial charge on any atom is 0.108 e. The third-order valence-electron chi connectivity index (χ3n) is 2.86. The molecule has 0 aliphatic carbocycles. The van der Waals surface area contributed by atoms with Crippen LogP contribution in [0.25, 0.3) is 10.9 Å². The summed E-state index contributed by atoms with van der Waals surface area (Å²) < 4.78 is 0.867. The summed E-state index contributed by atoms with van der Waals surface area (Å²) in [6.45, 7) is 2.20. The quantitative estimate of drug-likeness (QED) is 0.876. The molecule has 0 aliphatic rings. The third kappa shape index (κ3) is 2.13. The molecule has 0 radical (unpaired) electrons. The van der Waals surface area contributed by atoms with Crippen LogP contribution in [0, 0.1) is 0 Å². The highest BCUT2D eigenvalue weighted by atomic mass is 79.9. The monoisotopic (exact) mass is 281 g/mol. The van der Waals surface area contributed by atoms with Crippen LogP contribution in [0.15, 0.2) is 22.9 Å². The molecule has 2 heterocycles. The Kier molecular flexibility index (Phi) is 3.30. The summed E-state index contributed by atoms with van der Waals surface area (Å²) in [4.78, 5) is 9.92. The van der Waals surface area contributed by atoms with Gasteiger partial charge in [0.2, 0.25) is 0 Å². The molecule has 0 aliphatic heterocycles. The molecule has 2 aromatic rings. The molecule has 0 bridgehead atoms. The Morgan fingerprint density at radius 1 is 1.44 bits per heavy atom. The average Bonchev–Trinajstić information content (AvgIpc) is 2.60. The molecule has 0 saturated heterocycles. The van der Waals surface area contributed by atoms with Crippen molar-refractivity contribution in [3.8, 4) is 0 Å². The van der Waals surface area contributed by atoms with Crippen molar-refractivity contribution >= 4 is 26.8 Å². The second-order valence-electron chi connectivity index (χ2n) is 4.21. The molecule has 0 fully saturated rings. The first kappa shape index (κ1) is 11.6. The minimum atomic E-state index is 0.436. The fourth-order valence-electron chi connectivity index (χ4n) is 2.07. The van der Waals surface area contributed by atoms with Crippen LogP contribution in [0.5, 0.6) is 0 Å². The van der Waals surface area contributed by atoms with Crippen LogP contribution in [0.3, 0.4) is 0 Å². The first-order valence-electron chi connectivity index (χ1n) is 5.42. The van der Waals surface area contributed by atoms with Gasteiger partial charge < -0.3 is 9.88 Å². The number of pyridine rings is 1. The van der Waals surface area contributed by atoms with Gasteiger partial charge in [-0.2, -0.15) is 0 Å². The molecular weight excluding hydrogens is 266 g/mol. The van der Waals surface area contributed by atoms with E-state index in [1.165, 1.54) is 11.1 Å². The van der Waals surface area contributed by atoms with Crippen molar-refractivity contribution in [2.24, 2.45) is 0 Å². The molecule has 4 heteroatoms. The zero-order valence-electron chi connectivity index (χ0n) is 9.79. The summed E-state index contributed by atoms with van der Waals surface area (Å²) in [6.07, 6.45) is 2.98. The van der Waals surface area contributed by atoms with E-state index in [0.29, 0.717) is 6.04 Å². The van der Waals surface area contributed by atoms with E-state index >= 15 is 0 Å². The Labute approximate surface area is 104 Å². The molecule has 1 unspecified atom stereocenters. The number of nitrogens with one attached hydrogen (secondary N) is 1. The van der Waals surface area contributed by atoms with Crippen LogP contribution in [-0.4, -0.2) is 29.0 Å². The lowest BCUT2D eigenvalue weighted by atomic mass is 10.1. The summed E-state index contributed by atoms with van der Waals surface area (Å²) in [7, 11) is 4.21. The minimum absolute atomic E-state index is 0.436. The van der Waals surface area contributed by atoms with Gasteiger partial charge in [-0.1, -0.05) is 6.92 Å². The van der Waals surface area contributed by atoms with Gasteiger partial charge in [-0.3, -0.25) is 0 Å². The van der Waals surface area contributed by atoms with E-state index in [4.69, 9.17) is 0 Å². The predicted molar refractivity (Wildman–Crippen MR) is 70.5 cm³/mol. The Bertz CT molecular complexity index is 490. The van der Waals surface area contributed by atoms with Crippen LogP contribution in [0.4, 0.5) is 0 Å². The highest BCUT2D eigenvalue weighted by Gasteiger charge is 2.14. The van der Waals surface area contributed by atoms with E-state index in [2.05, 4.69) is 57.9 Å². The number of hydrogen-bond donors (Lipinski definition) is 1. The first-order chi connectivity index (χ1) is 7.61. The van der Waals surface area contributed by atoms with Gasteiger partial charge in [0, 0.05) is 28.8 Å². The van der Waals surface area contributed by atoms with E-state index < -0.39 is 0 Å². The second kappa shape index (κ2) is 4.55. The number of fused-ring (bicyclic) bond motifs is 1. The Morgan fingerprint density at radius 2 is 2.19 bits per heavy atom. The lowest BCUT2D eigenvalue weighted by Crippen LogP contribution is -2.19. The Balaban J connectivity index is 2.45.